The van der Waals surface area contributed by atoms with Gasteiger partial charge in [0.05, 0.1) is 0 Å². The summed E-state index contributed by atoms with van der Waals surface area (Å²) in [6, 6.07) is 0. The zero-order valence-electron chi connectivity index (χ0n) is 10.1. The molecule has 0 saturated carbocycles. The standard InChI is InChI=1S/C10H18N4O2/c1-5-7(2)6-11-9-10(14(15)16)12-8(3)13(9)4/h7,11H,5-6H2,1-4H3. The van der Waals surface area contributed by atoms with E-state index in [1.54, 1.807) is 18.5 Å². The third kappa shape index (κ3) is 2.50. The molecule has 0 bridgehead atoms. The summed E-state index contributed by atoms with van der Waals surface area (Å²) >= 11 is 0. The molecule has 0 saturated heterocycles. The van der Waals surface area contributed by atoms with Crippen LogP contribution in [0.25, 0.3) is 0 Å². The van der Waals surface area contributed by atoms with Crippen molar-refractivity contribution in [1.29, 1.82) is 0 Å². The molecule has 1 heterocycles. The van der Waals surface area contributed by atoms with Gasteiger partial charge in [0.1, 0.15) is 0 Å². The van der Waals surface area contributed by atoms with E-state index in [1.165, 1.54) is 0 Å². The first-order chi connectivity index (χ1) is 7.47. The van der Waals surface area contributed by atoms with E-state index in [0.29, 0.717) is 17.6 Å². The lowest BCUT2D eigenvalue weighted by Gasteiger charge is -2.10. The van der Waals surface area contributed by atoms with E-state index in [4.69, 9.17) is 0 Å². The topological polar surface area (TPSA) is 73.0 Å². The first-order valence-corrected chi connectivity index (χ1v) is 5.38. The second-order valence-electron chi connectivity index (χ2n) is 4.04. The Hall–Kier alpha value is -1.59. The molecule has 0 aromatic carbocycles. The van der Waals surface area contributed by atoms with E-state index in [-0.39, 0.29) is 5.82 Å². The van der Waals surface area contributed by atoms with Crippen LogP contribution in [0.1, 0.15) is 26.1 Å². The largest absolute Gasteiger partial charge is 0.406 e. The molecule has 0 amide bonds. The van der Waals surface area contributed by atoms with Crippen LogP contribution in [0.4, 0.5) is 11.6 Å². The van der Waals surface area contributed by atoms with Crippen molar-refractivity contribution in [3.63, 3.8) is 0 Å². The minimum Gasteiger partial charge on any atom is -0.364 e. The van der Waals surface area contributed by atoms with Crippen molar-refractivity contribution in [3.05, 3.63) is 15.9 Å². The van der Waals surface area contributed by atoms with Gasteiger partial charge in [-0.05, 0) is 15.8 Å². The van der Waals surface area contributed by atoms with Gasteiger partial charge in [0, 0.05) is 20.5 Å². The number of nitro groups is 1. The maximum Gasteiger partial charge on any atom is 0.406 e. The third-order valence-electron chi connectivity index (χ3n) is 2.79. The molecule has 0 fully saturated rings. The Bertz CT molecular complexity index is 386. The number of hydrogen-bond donors (Lipinski definition) is 1. The molecule has 0 spiro atoms. The summed E-state index contributed by atoms with van der Waals surface area (Å²) in [5.41, 5.74) is 0. The number of aryl methyl sites for hydroxylation is 1. The molecular formula is C10H18N4O2. The van der Waals surface area contributed by atoms with Crippen molar-refractivity contribution >= 4 is 11.6 Å². The van der Waals surface area contributed by atoms with E-state index in [1.807, 2.05) is 0 Å². The zero-order chi connectivity index (χ0) is 12.3. The molecule has 0 aliphatic heterocycles. The Kier molecular flexibility index (Phi) is 3.87. The summed E-state index contributed by atoms with van der Waals surface area (Å²) in [5, 5.41) is 13.9. The third-order valence-corrected chi connectivity index (χ3v) is 2.79. The molecule has 90 valence electrons. The second-order valence-corrected chi connectivity index (χ2v) is 4.04. The highest BCUT2D eigenvalue weighted by Crippen LogP contribution is 2.23. The molecular weight excluding hydrogens is 208 g/mol. The van der Waals surface area contributed by atoms with Gasteiger partial charge in [-0.1, -0.05) is 20.3 Å². The van der Waals surface area contributed by atoms with E-state index < -0.39 is 4.92 Å². The average molecular weight is 226 g/mol. The molecule has 0 aliphatic rings. The van der Waals surface area contributed by atoms with Crippen molar-refractivity contribution in [2.45, 2.75) is 27.2 Å². The van der Waals surface area contributed by atoms with Crippen LogP contribution in [0.3, 0.4) is 0 Å². The van der Waals surface area contributed by atoms with Gasteiger partial charge in [0.2, 0.25) is 11.6 Å². The quantitative estimate of drug-likeness (QED) is 0.616. The van der Waals surface area contributed by atoms with Crippen LogP contribution in [-0.4, -0.2) is 21.0 Å². The number of nitrogens with zero attached hydrogens (tertiary/aromatic N) is 3. The Labute approximate surface area is 94.8 Å². The zero-order valence-corrected chi connectivity index (χ0v) is 10.1. The van der Waals surface area contributed by atoms with Crippen LogP contribution in [0, 0.1) is 23.0 Å². The summed E-state index contributed by atoms with van der Waals surface area (Å²) in [4.78, 5) is 14.3. The van der Waals surface area contributed by atoms with Crippen LogP contribution < -0.4 is 5.32 Å². The number of anilines is 1. The monoisotopic (exact) mass is 226 g/mol. The average Bonchev–Trinajstić information content (AvgIpc) is 2.53. The molecule has 0 aliphatic carbocycles. The number of imidazole rings is 1. The smallest absolute Gasteiger partial charge is 0.364 e. The van der Waals surface area contributed by atoms with Crippen molar-refractivity contribution < 1.29 is 4.92 Å². The maximum absolute atomic E-state index is 10.8. The fraction of sp³-hybridized carbons (Fsp3) is 0.700. The van der Waals surface area contributed by atoms with Crippen molar-refractivity contribution in [2.24, 2.45) is 13.0 Å². The van der Waals surface area contributed by atoms with Crippen molar-refractivity contribution in [3.8, 4) is 0 Å². The highest BCUT2D eigenvalue weighted by molar-refractivity contribution is 5.53. The lowest BCUT2D eigenvalue weighted by Crippen LogP contribution is -2.13. The van der Waals surface area contributed by atoms with Crippen molar-refractivity contribution in [2.75, 3.05) is 11.9 Å². The van der Waals surface area contributed by atoms with E-state index >= 15 is 0 Å². The molecule has 0 radical (unpaired) electrons. The Balaban J connectivity index is 2.89. The lowest BCUT2D eigenvalue weighted by atomic mass is 10.1. The maximum atomic E-state index is 10.8. The first kappa shape index (κ1) is 12.5. The van der Waals surface area contributed by atoms with Gasteiger partial charge >= 0.3 is 5.82 Å². The molecule has 6 nitrogen and oxygen atoms in total. The van der Waals surface area contributed by atoms with E-state index in [2.05, 4.69) is 24.1 Å². The van der Waals surface area contributed by atoms with Crippen molar-refractivity contribution in [1.82, 2.24) is 9.55 Å². The van der Waals surface area contributed by atoms with Gasteiger partial charge in [-0.15, -0.1) is 0 Å². The predicted molar refractivity (Wildman–Crippen MR) is 62.5 cm³/mol. The van der Waals surface area contributed by atoms with Gasteiger partial charge in [-0.25, -0.2) is 0 Å². The Morgan fingerprint density at radius 2 is 2.25 bits per heavy atom. The van der Waals surface area contributed by atoms with Gasteiger partial charge in [-0.2, -0.15) is 0 Å². The summed E-state index contributed by atoms with van der Waals surface area (Å²) in [6.07, 6.45) is 1.04. The van der Waals surface area contributed by atoms with E-state index in [0.717, 1.165) is 13.0 Å². The van der Waals surface area contributed by atoms with Crippen LogP contribution >= 0.6 is 0 Å². The minimum atomic E-state index is -0.452. The van der Waals surface area contributed by atoms with Gasteiger partial charge in [-0.3, -0.25) is 4.57 Å². The molecule has 1 aromatic heterocycles. The molecule has 1 rings (SSSR count). The number of hydrogen-bond acceptors (Lipinski definition) is 4. The van der Waals surface area contributed by atoms with Gasteiger partial charge < -0.3 is 15.4 Å². The fourth-order valence-electron chi connectivity index (χ4n) is 1.33. The minimum absolute atomic E-state index is 0.0942. The van der Waals surface area contributed by atoms with Gasteiger partial charge in [0.25, 0.3) is 0 Å². The van der Waals surface area contributed by atoms with Crippen LogP contribution in [0.2, 0.25) is 0 Å². The summed E-state index contributed by atoms with van der Waals surface area (Å²) in [6.45, 7) is 6.66. The highest BCUT2D eigenvalue weighted by Gasteiger charge is 2.23. The van der Waals surface area contributed by atoms with Crippen LogP contribution in [-0.2, 0) is 7.05 Å². The molecule has 1 N–H and O–H groups in total. The summed E-state index contributed by atoms with van der Waals surface area (Å²) in [5.74, 6) is 1.51. The second kappa shape index (κ2) is 4.96. The molecule has 1 atom stereocenters. The summed E-state index contributed by atoms with van der Waals surface area (Å²) in [7, 11) is 1.77. The first-order valence-electron chi connectivity index (χ1n) is 5.38. The number of aromatic nitrogens is 2. The lowest BCUT2D eigenvalue weighted by molar-refractivity contribution is -0.388. The Morgan fingerprint density at radius 3 is 2.75 bits per heavy atom. The fourth-order valence-corrected chi connectivity index (χ4v) is 1.33. The SMILES string of the molecule is CCC(C)CNc1c([N+](=O)[O-])nc(C)n1C. The molecule has 16 heavy (non-hydrogen) atoms. The predicted octanol–water partition coefficient (Wildman–Crippen LogP) is 2.09. The van der Waals surface area contributed by atoms with E-state index in [9.17, 15) is 10.1 Å². The van der Waals surface area contributed by atoms with Crippen LogP contribution in [0.5, 0.6) is 0 Å². The van der Waals surface area contributed by atoms with Crippen LogP contribution in [0.15, 0.2) is 0 Å². The normalized spacial score (nSPS) is 12.5. The molecule has 1 unspecified atom stereocenters. The highest BCUT2D eigenvalue weighted by atomic mass is 16.6. The number of rotatable bonds is 5. The Morgan fingerprint density at radius 1 is 1.62 bits per heavy atom. The summed E-state index contributed by atoms with van der Waals surface area (Å²) < 4.78 is 1.71. The van der Waals surface area contributed by atoms with Gasteiger partial charge in [0.15, 0.2) is 0 Å². The molecule has 6 heteroatoms. The number of nitrogens with one attached hydrogen (secondary N) is 1. The molecule has 1 aromatic rings.